The third-order valence-corrected chi connectivity index (χ3v) is 4.18. The Morgan fingerprint density at radius 3 is 1.45 bits per heavy atom. The smallest absolute Gasteiger partial charge is 0.327 e. The fourth-order valence-electron chi connectivity index (χ4n) is 3.29. The summed E-state index contributed by atoms with van der Waals surface area (Å²) in [7, 11) is 0. The van der Waals surface area contributed by atoms with E-state index in [-0.39, 0.29) is 18.6 Å². The number of aliphatic hydroxyl groups is 2. The summed E-state index contributed by atoms with van der Waals surface area (Å²) < 4.78 is 0. The molecule has 2 saturated carbocycles. The number of rotatable bonds is 4. The summed E-state index contributed by atoms with van der Waals surface area (Å²) in [6.45, 7) is 6.27. The minimum atomic E-state index is -0.981. The first kappa shape index (κ1) is 20.3. The lowest BCUT2D eigenvalue weighted by Crippen LogP contribution is -2.49. The first-order valence-electron chi connectivity index (χ1n) is 7.21. The van der Waals surface area contributed by atoms with Gasteiger partial charge >= 0.3 is 11.9 Å². The van der Waals surface area contributed by atoms with Gasteiger partial charge in [-0.3, -0.25) is 0 Å². The van der Waals surface area contributed by atoms with E-state index in [1.807, 2.05) is 0 Å². The van der Waals surface area contributed by atoms with Crippen molar-refractivity contribution in [1.82, 2.24) is 0 Å². The highest BCUT2D eigenvalue weighted by Gasteiger charge is 2.54. The summed E-state index contributed by atoms with van der Waals surface area (Å²) >= 11 is 0. The number of carbonyl (C=O) groups is 2. The van der Waals surface area contributed by atoms with E-state index in [0.717, 1.165) is 25.0 Å². The van der Waals surface area contributed by atoms with Crippen LogP contribution in [0.25, 0.3) is 0 Å². The second-order valence-electron chi connectivity index (χ2n) is 5.96. The van der Waals surface area contributed by atoms with Crippen molar-refractivity contribution in [2.75, 3.05) is 13.2 Å². The fourth-order valence-corrected chi connectivity index (χ4v) is 3.29. The van der Waals surface area contributed by atoms with Crippen LogP contribution in [0.5, 0.6) is 0 Å². The molecule has 22 heavy (non-hydrogen) atoms. The number of carboxylic acid groups (broad SMARTS) is 2. The van der Waals surface area contributed by atoms with Gasteiger partial charge in [-0.2, -0.15) is 0 Å². The van der Waals surface area contributed by atoms with Crippen molar-refractivity contribution < 1.29 is 30.0 Å². The highest BCUT2D eigenvalue weighted by molar-refractivity contribution is 5.79. The first-order chi connectivity index (χ1) is 10.3. The van der Waals surface area contributed by atoms with Gasteiger partial charge in [-0.15, -0.1) is 0 Å². The Kier molecular flexibility index (Phi) is 8.67. The lowest BCUT2D eigenvalue weighted by molar-refractivity contribution is -0.132. The SMILES string of the molecule is C=CC(=O)O.C=CC(=O)O.OCC1(CO)CC2(CCCC2)C1. The molecule has 2 fully saturated rings. The molecule has 126 valence electrons. The van der Waals surface area contributed by atoms with E-state index in [1.54, 1.807) is 0 Å². The molecule has 0 bridgehead atoms. The summed E-state index contributed by atoms with van der Waals surface area (Å²) in [5.74, 6) is -1.96. The van der Waals surface area contributed by atoms with E-state index in [2.05, 4.69) is 13.2 Å². The zero-order valence-corrected chi connectivity index (χ0v) is 12.8. The van der Waals surface area contributed by atoms with Crippen LogP contribution in [0.3, 0.4) is 0 Å². The van der Waals surface area contributed by atoms with Gasteiger partial charge in [0.25, 0.3) is 0 Å². The summed E-state index contributed by atoms with van der Waals surface area (Å²) in [5.41, 5.74) is 0.426. The monoisotopic (exact) mass is 314 g/mol. The quantitative estimate of drug-likeness (QED) is 0.588. The number of carboxylic acids is 2. The van der Waals surface area contributed by atoms with Gasteiger partial charge in [-0.05, 0) is 31.1 Å². The zero-order chi connectivity index (χ0) is 17.2. The Balaban J connectivity index is 0.000000372. The molecule has 6 heteroatoms. The van der Waals surface area contributed by atoms with Crippen LogP contribution in [0.15, 0.2) is 25.3 Å². The summed E-state index contributed by atoms with van der Waals surface area (Å²) in [4.78, 5) is 18.5. The highest BCUT2D eigenvalue weighted by atomic mass is 16.4. The van der Waals surface area contributed by atoms with E-state index in [1.165, 1.54) is 25.7 Å². The molecule has 0 atom stereocenters. The second-order valence-corrected chi connectivity index (χ2v) is 5.96. The minimum absolute atomic E-state index is 0.107. The van der Waals surface area contributed by atoms with Crippen molar-refractivity contribution in [1.29, 1.82) is 0 Å². The van der Waals surface area contributed by atoms with Gasteiger partial charge < -0.3 is 20.4 Å². The molecule has 6 nitrogen and oxygen atoms in total. The molecule has 1 spiro atoms. The van der Waals surface area contributed by atoms with Gasteiger partial charge in [0.2, 0.25) is 0 Å². The Morgan fingerprint density at radius 1 is 0.909 bits per heavy atom. The number of hydrogen-bond acceptors (Lipinski definition) is 4. The van der Waals surface area contributed by atoms with Crippen molar-refractivity contribution in [3.63, 3.8) is 0 Å². The average molecular weight is 314 g/mol. The molecule has 0 aromatic rings. The summed E-state index contributed by atoms with van der Waals surface area (Å²) in [6, 6.07) is 0. The van der Waals surface area contributed by atoms with Gasteiger partial charge in [-0.1, -0.05) is 26.0 Å². The molecule has 2 aliphatic rings. The molecule has 0 heterocycles. The minimum Gasteiger partial charge on any atom is -0.478 e. The number of hydrogen-bond donors (Lipinski definition) is 4. The summed E-state index contributed by atoms with van der Waals surface area (Å²) in [6.07, 6.45) is 9.16. The molecular formula is C16H26O6. The molecular weight excluding hydrogens is 288 g/mol. The maximum Gasteiger partial charge on any atom is 0.327 e. The Labute approximate surface area is 130 Å². The molecule has 2 rings (SSSR count). The second kappa shape index (κ2) is 9.38. The van der Waals surface area contributed by atoms with E-state index in [9.17, 15) is 9.59 Å². The molecule has 0 aliphatic heterocycles. The third kappa shape index (κ3) is 6.41. The first-order valence-corrected chi connectivity index (χ1v) is 7.21. The normalized spacial score (nSPS) is 19.5. The van der Waals surface area contributed by atoms with Crippen LogP contribution in [0.2, 0.25) is 0 Å². The molecule has 0 saturated heterocycles. The van der Waals surface area contributed by atoms with Crippen LogP contribution in [0.1, 0.15) is 38.5 Å². The van der Waals surface area contributed by atoms with Crippen molar-refractivity contribution in [3.05, 3.63) is 25.3 Å². The molecule has 0 aromatic heterocycles. The fraction of sp³-hybridized carbons (Fsp3) is 0.625. The maximum atomic E-state index is 9.25. The standard InChI is InChI=1S/C10H18O2.2C3H4O2/c11-7-10(8-12)5-9(6-10)3-1-2-4-9;2*1-2-3(4)5/h11-12H,1-8H2;2*2H,1H2,(H,4,5). The van der Waals surface area contributed by atoms with E-state index in [4.69, 9.17) is 20.4 Å². The highest BCUT2D eigenvalue weighted by Crippen LogP contribution is 2.61. The van der Waals surface area contributed by atoms with E-state index < -0.39 is 11.9 Å². The molecule has 0 radical (unpaired) electrons. The van der Waals surface area contributed by atoms with Crippen LogP contribution in [-0.4, -0.2) is 45.6 Å². The average Bonchev–Trinajstić information content (AvgIpc) is 2.95. The van der Waals surface area contributed by atoms with Crippen molar-refractivity contribution >= 4 is 11.9 Å². The molecule has 0 aromatic carbocycles. The Morgan fingerprint density at radius 2 is 1.23 bits per heavy atom. The van der Waals surface area contributed by atoms with Crippen LogP contribution in [0.4, 0.5) is 0 Å². The molecule has 2 aliphatic carbocycles. The van der Waals surface area contributed by atoms with Crippen molar-refractivity contribution in [2.45, 2.75) is 38.5 Å². The van der Waals surface area contributed by atoms with E-state index >= 15 is 0 Å². The molecule has 0 amide bonds. The Bertz CT molecular complexity index is 361. The lowest BCUT2D eigenvalue weighted by atomic mass is 9.52. The number of aliphatic carboxylic acids is 2. The lowest BCUT2D eigenvalue weighted by Gasteiger charge is -2.53. The Hall–Kier alpha value is -1.66. The van der Waals surface area contributed by atoms with Crippen LogP contribution >= 0.6 is 0 Å². The molecule has 4 N–H and O–H groups in total. The largest absolute Gasteiger partial charge is 0.478 e. The van der Waals surface area contributed by atoms with Crippen LogP contribution < -0.4 is 0 Å². The number of aliphatic hydroxyl groups excluding tert-OH is 2. The van der Waals surface area contributed by atoms with Gasteiger partial charge in [-0.25, -0.2) is 9.59 Å². The summed E-state index contributed by atoms with van der Waals surface area (Å²) in [5, 5.41) is 33.4. The molecule has 0 unspecified atom stereocenters. The maximum absolute atomic E-state index is 9.25. The van der Waals surface area contributed by atoms with Crippen molar-refractivity contribution in [3.8, 4) is 0 Å². The van der Waals surface area contributed by atoms with Gasteiger partial charge in [0, 0.05) is 17.6 Å². The zero-order valence-electron chi connectivity index (χ0n) is 12.8. The third-order valence-electron chi connectivity index (χ3n) is 4.18. The van der Waals surface area contributed by atoms with E-state index in [0.29, 0.717) is 5.41 Å². The van der Waals surface area contributed by atoms with Gasteiger partial charge in [0.05, 0.1) is 13.2 Å². The van der Waals surface area contributed by atoms with Crippen molar-refractivity contribution in [2.24, 2.45) is 10.8 Å². The van der Waals surface area contributed by atoms with Gasteiger partial charge in [0.15, 0.2) is 0 Å². The van der Waals surface area contributed by atoms with Crippen LogP contribution in [-0.2, 0) is 9.59 Å². The van der Waals surface area contributed by atoms with Crippen LogP contribution in [0, 0.1) is 10.8 Å². The topological polar surface area (TPSA) is 115 Å². The van der Waals surface area contributed by atoms with Gasteiger partial charge in [0.1, 0.15) is 0 Å². The predicted molar refractivity (Wildman–Crippen MR) is 82.4 cm³/mol. The predicted octanol–water partition coefficient (Wildman–Crippen LogP) is 1.83.